The van der Waals surface area contributed by atoms with Gasteiger partial charge in [-0.05, 0) is 24.3 Å². The number of nitrogens with zero attached hydrogens (tertiary/aromatic N) is 4. The van der Waals surface area contributed by atoms with Crippen molar-refractivity contribution >= 4 is 23.8 Å². The van der Waals surface area contributed by atoms with Crippen LogP contribution < -0.4 is 10.2 Å². The molecule has 1 aliphatic rings. The zero-order chi connectivity index (χ0) is 16.9. The van der Waals surface area contributed by atoms with Crippen LogP contribution in [0.1, 0.15) is 10.5 Å². The molecule has 1 aromatic carbocycles. The van der Waals surface area contributed by atoms with Crippen molar-refractivity contribution in [1.82, 2.24) is 14.9 Å². The molecular weight excluding hydrogens is 313 g/mol. The van der Waals surface area contributed by atoms with Crippen molar-refractivity contribution in [1.29, 1.82) is 0 Å². The number of amides is 2. The van der Waals surface area contributed by atoms with E-state index in [0.717, 1.165) is 6.41 Å². The van der Waals surface area contributed by atoms with Gasteiger partial charge < -0.3 is 15.1 Å². The summed E-state index contributed by atoms with van der Waals surface area (Å²) in [5.74, 6) is -0.122. The highest BCUT2D eigenvalue weighted by Gasteiger charge is 2.18. The minimum Gasteiger partial charge on any atom is -0.353 e. The summed E-state index contributed by atoms with van der Waals surface area (Å²) in [6, 6.07) is 7.11. The fourth-order valence-corrected chi connectivity index (χ4v) is 2.43. The highest BCUT2D eigenvalue weighted by Crippen LogP contribution is 2.15. The molecule has 1 aromatic heterocycles. The number of anilines is 2. The van der Waals surface area contributed by atoms with Crippen LogP contribution in [0.25, 0.3) is 0 Å². The molecule has 24 heavy (non-hydrogen) atoms. The molecule has 0 saturated carbocycles. The molecular formula is C16H16FN5O2. The Morgan fingerprint density at radius 2 is 1.83 bits per heavy atom. The second kappa shape index (κ2) is 7.03. The van der Waals surface area contributed by atoms with Crippen molar-refractivity contribution in [2.75, 3.05) is 36.4 Å². The van der Waals surface area contributed by atoms with E-state index < -0.39 is 5.91 Å². The van der Waals surface area contributed by atoms with E-state index in [-0.39, 0.29) is 11.5 Å². The third-order valence-corrected chi connectivity index (χ3v) is 3.77. The Morgan fingerprint density at radius 1 is 1.12 bits per heavy atom. The Labute approximate surface area is 138 Å². The lowest BCUT2D eigenvalue weighted by atomic mass is 10.2. The first-order valence-corrected chi connectivity index (χ1v) is 7.49. The molecule has 8 heteroatoms. The van der Waals surface area contributed by atoms with Crippen molar-refractivity contribution < 1.29 is 14.0 Å². The number of piperazine rings is 1. The van der Waals surface area contributed by atoms with E-state index in [1.807, 2.05) is 4.90 Å². The number of aromatic nitrogens is 2. The van der Waals surface area contributed by atoms with E-state index >= 15 is 0 Å². The largest absolute Gasteiger partial charge is 0.353 e. The molecule has 1 saturated heterocycles. The number of nitrogens with one attached hydrogen (secondary N) is 1. The molecule has 3 rings (SSSR count). The lowest BCUT2D eigenvalue weighted by Crippen LogP contribution is -2.46. The summed E-state index contributed by atoms with van der Waals surface area (Å²) in [4.78, 5) is 34.9. The first kappa shape index (κ1) is 15.9. The van der Waals surface area contributed by atoms with Gasteiger partial charge in [-0.3, -0.25) is 9.59 Å². The number of hydrogen-bond acceptors (Lipinski definition) is 5. The van der Waals surface area contributed by atoms with Gasteiger partial charge in [0.25, 0.3) is 5.91 Å². The van der Waals surface area contributed by atoms with E-state index in [0.29, 0.717) is 37.7 Å². The lowest BCUT2D eigenvalue weighted by Gasteiger charge is -2.33. The molecule has 0 unspecified atom stereocenters. The summed E-state index contributed by atoms with van der Waals surface area (Å²) < 4.78 is 12.9. The summed E-state index contributed by atoms with van der Waals surface area (Å²) in [6.45, 7) is 2.53. The number of carbonyl (C=O) groups is 2. The van der Waals surface area contributed by atoms with Gasteiger partial charge in [0.2, 0.25) is 6.41 Å². The average molecular weight is 329 g/mol. The quantitative estimate of drug-likeness (QED) is 0.851. The highest BCUT2D eigenvalue weighted by atomic mass is 19.1. The van der Waals surface area contributed by atoms with Gasteiger partial charge in [0, 0.05) is 37.9 Å². The molecule has 0 radical (unpaired) electrons. The first-order chi connectivity index (χ1) is 11.7. The molecule has 0 bridgehead atoms. The fraction of sp³-hybridized carbons (Fsp3) is 0.250. The number of benzene rings is 1. The van der Waals surface area contributed by atoms with Crippen molar-refractivity contribution in [2.45, 2.75) is 0 Å². The van der Waals surface area contributed by atoms with Crippen LogP contribution >= 0.6 is 0 Å². The predicted octanol–water partition coefficient (Wildman–Crippen LogP) is 1.15. The third kappa shape index (κ3) is 3.65. The molecule has 0 aliphatic carbocycles. The summed E-state index contributed by atoms with van der Waals surface area (Å²) in [5.41, 5.74) is 0.711. The number of carbonyl (C=O) groups excluding carboxylic acids is 2. The minimum atomic E-state index is -0.392. The van der Waals surface area contributed by atoms with Gasteiger partial charge in [0.15, 0.2) is 0 Å². The Balaban J connectivity index is 1.69. The SMILES string of the molecule is O=CN1CCN(c2cc(C(=O)Nc3ccc(F)cc3)ncn2)CC1. The minimum absolute atomic E-state index is 0.224. The van der Waals surface area contributed by atoms with E-state index in [1.54, 1.807) is 11.0 Å². The van der Waals surface area contributed by atoms with Gasteiger partial charge in [-0.2, -0.15) is 0 Å². The second-order valence-corrected chi connectivity index (χ2v) is 5.35. The Morgan fingerprint density at radius 3 is 2.50 bits per heavy atom. The third-order valence-electron chi connectivity index (χ3n) is 3.77. The summed E-state index contributed by atoms with van der Waals surface area (Å²) in [5, 5.41) is 2.66. The smallest absolute Gasteiger partial charge is 0.274 e. The molecule has 0 atom stereocenters. The summed E-state index contributed by atoms with van der Waals surface area (Å²) in [6.07, 6.45) is 2.17. The van der Waals surface area contributed by atoms with E-state index in [1.165, 1.54) is 30.6 Å². The molecule has 0 spiro atoms. The van der Waals surface area contributed by atoms with Crippen molar-refractivity contribution in [3.8, 4) is 0 Å². The van der Waals surface area contributed by atoms with E-state index in [9.17, 15) is 14.0 Å². The topological polar surface area (TPSA) is 78.4 Å². The van der Waals surface area contributed by atoms with Crippen LogP contribution in [0.5, 0.6) is 0 Å². The normalized spacial score (nSPS) is 14.4. The monoisotopic (exact) mass is 329 g/mol. The van der Waals surface area contributed by atoms with E-state index in [2.05, 4.69) is 15.3 Å². The molecule has 2 amide bonds. The highest BCUT2D eigenvalue weighted by molar-refractivity contribution is 6.03. The zero-order valence-electron chi connectivity index (χ0n) is 12.9. The molecule has 2 heterocycles. The standard InChI is InChI=1S/C16H16FN5O2/c17-12-1-3-13(4-2-12)20-16(24)14-9-15(19-10-18-14)22-7-5-21(11-23)6-8-22/h1-4,9-11H,5-8H2,(H,20,24). The maximum absolute atomic E-state index is 12.9. The van der Waals surface area contributed by atoms with Crippen LogP contribution in [0.2, 0.25) is 0 Å². The van der Waals surface area contributed by atoms with Gasteiger partial charge in [-0.25, -0.2) is 14.4 Å². The molecule has 1 N–H and O–H groups in total. The zero-order valence-corrected chi connectivity index (χ0v) is 12.9. The van der Waals surface area contributed by atoms with Crippen LogP contribution in [0, 0.1) is 5.82 Å². The van der Waals surface area contributed by atoms with Crippen molar-refractivity contribution in [3.63, 3.8) is 0 Å². The van der Waals surface area contributed by atoms with Crippen LogP contribution in [0.3, 0.4) is 0 Å². The van der Waals surface area contributed by atoms with Crippen LogP contribution in [-0.4, -0.2) is 53.4 Å². The number of rotatable bonds is 4. The van der Waals surface area contributed by atoms with Gasteiger partial charge in [0.05, 0.1) is 0 Å². The van der Waals surface area contributed by atoms with Crippen LogP contribution in [-0.2, 0) is 4.79 Å². The molecule has 2 aromatic rings. The summed E-state index contributed by atoms with van der Waals surface area (Å²) >= 11 is 0. The Bertz CT molecular complexity index is 730. The predicted molar refractivity (Wildman–Crippen MR) is 86.2 cm³/mol. The van der Waals surface area contributed by atoms with Crippen LogP contribution in [0.4, 0.5) is 15.9 Å². The first-order valence-electron chi connectivity index (χ1n) is 7.49. The summed E-state index contributed by atoms with van der Waals surface area (Å²) in [7, 11) is 0. The van der Waals surface area contributed by atoms with Crippen molar-refractivity contribution in [3.05, 3.63) is 48.2 Å². The second-order valence-electron chi connectivity index (χ2n) is 5.35. The molecule has 1 aliphatic heterocycles. The van der Waals surface area contributed by atoms with Crippen molar-refractivity contribution in [2.24, 2.45) is 0 Å². The average Bonchev–Trinajstić information content (AvgIpc) is 2.64. The number of halogens is 1. The Hall–Kier alpha value is -3.03. The van der Waals surface area contributed by atoms with Crippen LogP contribution in [0.15, 0.2) is 36.7 Å². The van der Waals surface area contributed by atoms with Gasteiger partial charge in [-0.1, -0.05) is 0 Å². The molecule has 7 nitrogen and oxygen atoms in total. The molecule has 124 valence electrons. The maximum atomic E-state index is 12.9. The molecule has 1 fully saturated rings. The van der Waals surface area contributed by atoms with Gasteiger partial charge >= 0.3 is 0 Å². The van der Waals surface area contributed by atoms with Gasteiger partial charge in [-0.15, -0.1) is 0 Å². The maximum Gasteiger partial charge on any atom is 0.274 e. The van der Waals surface area contributed by atoms with E-state index in [4.69, 9.17) is 0 Å². The van der Waals surface area contributed by atoms with Gasteiger partial charge in [0.1, 0.15) is 23.7 Å². The fourth-order valence-electron chi connectivity index (χ4n) is 2.43. The Kier molecular flexibility index (Phi) is 4.64. The number of hydrogen-bond donors (Lipinski definition) is 1. The lowest BCUT2D eigenvalue weighted by molar-refractivity contribution is -0.118.